The number of thioether (sulfide) groups is 1. The van der Waals surface area contributed by atoms with Gasteiger partial charge < -0.3 is 9.64 Å². The molecule has 0 saturated carbocycles. The van der Waals surface area contributed by atoms with Crippen LogP contribution in [0, 0.1) is 0 Å². The van der Waals surface area contributed by atoms with Crippen LogP contribution in [0.4, 0.5) is 18.9 Å². The number of ether oxygens (including phenoxy) is 1. The number of fused-ring (bicyclic) bond motifs is 1. The number of anilines is 1. The van der Waals surface area contributed by atoms with Crippen molar-refractivity contribution in [3.05, 3.63) is 48.2 Å². The molecule has 0 radical (unpaired) electrons. The second-order valence-corrected chi connectivity index (χ2v) is 7.41. The molecule has 1 aliphatic heterocycles. The Morgan fingerprint density at radius 2 is 2.08 bits per heavy atom. The minimum atomic E-state index is -4.43. The Bertz CT molecular complexity index is 781. The van der Waals surface area contributed by atoms with Crippen LogP contribution in [-0.2, 0) is 0 Å². The number of alkyl halides is 3. The van der Waals surface area contributed by atoms with Crippen molar-refractivity contribution in [2.45, 2.75) is 29.7 Å². The zero-order valence-electron chi connectivity index (χ0n) is 14.0. The Hall–Kier alpha value is -2.22. The standard InChI is InChI=1S/C18H17F3N2O2S/c1-12-8-9-23(14-4-2-3-5-15(14)26-12)17(24)13-6-7-16(22-10-13)25-11-18(19,20)21/h2-7,10,12H,8-9,11H2,1H3. The van der Waals surface area contributed by atoms with Crippen LogP contribution in [0.25, 0.3) is 0 Å². The molecule has 0 aliphatic carbocycles. The van der Waals surface area contributed by atoms with E-state index < -0.39 is 12.8 Å². The second kappa shape index (κ2) is 7.57. The van der Waals surface area contributed by atoms with E-state index in [1.165, 1.54) is 18.3 Å². The van der Waals surface area contributed by atoms with Gasteiger partial charge in [-0.1, -0.05) is 19.1 Å². The van der Waals surface area contributed by atoms with Gasteiger partial charge in [-0.3, -0.25) is 4.79 Å². The number of benzene rings is 1. The molecule has 1 atom stereocenters. The third-order valence-corrected chi connectivity index (χ3v) is 5.09. The fraction of sp³-hybridized carbons (Fsp3) is 0.333. The lowest BCUT2D eigenvalue weighted by molar-refractivity contribution is -0.154. The second-order valence-electron chi connectivity index (χ2n) is 5.93. The normalized spacial score (nSPS) is 17.4. The van der Waals surface area contributed by atoms with E-state index in [9.17, 15) is 18.0 Å². The zero-order valence-corrected chi connectivity index (χ0v) is 14.8. The summed E-state index contributed by atoms with van der Waals surface area (Å²) in [5.74, 6) is -0.402. The number of halogens is 3. The molecule has 2 heterocycles. The van der Waals surface area contributed by atoms with Crippen molar-refractivity contribution >= 4 is 23.4 Å². The summed E-state index contributed by atoms with van der Waals surface area (Å²) in [5.41, 5.74) is 1.14. The molecule has 1 aromatic carbocycles. The fourth-order valence-electron chi connectivity index (χ4n) is 2.60. The molecule has 0 spiro atoms. The minimum absolute atomic E-state index is 0.167. The average Bonchev–Trinajstić information content (AvgIpc) is 2.77. The largest absolute Gasteiger partial charge is 0.468 e. The molecule has 1 unspecified atom stereocenters. The number of pyridine rings is 1. The minimum Gasteiger partial charge on any atom is -0.468 e. The number of para-hydroxylation sites is 1. The highest BCUT2D eigenvalue weighted by Crippen LogP contribution is 2.37. The summed E-state index contributed by atoms with van der Waals surface area (Å²) >= 11 is 1.72. The van der Waals surface area contributed by atoms with Gasteiger partial charge in [0.05, 0.1) is 11.3 Å². The molecular formula is C18H17F3N2O2S. The Morgan fingerprint density at radius 1 is 1.31 bits per heavy atom. The monoisotopic (exact) mass is 382 g/mol. The van der Waals surface area contributed by atoms with E-state index in [4.69, 9.17) is 0 Å². The molecule has 8 heteroatoms. The van der Waals surface area contributed by atoms with E-state index in [2.05, 4.69) is 16.6 Å². The molecule has 2 aromatic rings. The number of carbonyl (C=O) groups is 1. The van der Waals surface area contributed by atoms with Gasteiger partial charge in [0.2, 0.25) is 5.88 Å². The number of hydrogen-bond donors (Lipinski definition) is 0. The number of amides is 1. The van der Waals surface area contributed by atoms with Gasteiger partial charge in [-0.25, -0.2) is 4.98 Å². The van der Waals surface area contributed by atoms with Crippen LogP contribution < -0.4 is 9.64 Å². The molecule has 0 bridgehead atoms. The molecule has 0 fully saturated rings. The zero-order chi connectivity index (χ0) is 18.7. The van der Waals surface area contributed by atoms with Gasteiger partial charge in [-0.05, 0) is 24.6 Å². The van der Waals surface area contributed by atoms with E-state index in [1.54, 1.807) is 16.7 Å². The Kier molecular flexibility index (Phi) is 5.41. The van der Waals surface area contributed by atoms with Crippen molar-refractivity contribution in [3.63, 3.8) is 0 Å². The maximum Gasteiger partial charge on any atom is 0.422 e. The number of carbonyl (C=O) groups excluding carboxylic acids is 1. The summed E-state index contributed by atoms with van der Waals surface area (Å²) in [5, 5.41) is 0.380. The van der Waals surface area contributed by atoms with Crippen LogP contribution in [0.5, 0.6) is 5.88 Å². The van der Waals surface area contributed by atoms with Gasteiger partial charge >= 0.3 is 6.18 Å². The van der Waals surface area contributed by atoms with E-state index >= 15 is 0 Å². The van der Waals surface area contributed by atoms with Crippen molar-refractivity contribution in [3.8, 4) is 5.88 Å². The summed E-state index contributed by atoms with van der Waals surface area (Å²) in [6, 6.07) is 10.4. The first-order valence-corrected chi connectivity index (χ1v) is 8.94. The van der Waals surface area contributed by atoms with Gasteiger partial charge in [-0.15, -0.1) is 11.8 Å². The summed E-state index contributed by atoms with van der Waals surface area (Å²) in [7, 11) is 0. The van der Waals surface area contributed by atoms with E-state index in [0.29, 0.717) is 17.4 Å². The van der Waals surface area contributed by atoms with Crippen molar-refractivity contribution < 1.29 is 22.7 Å². The van der Waals surface area contributed by atoms with Crippen LogP contribution in [0.15, 0.2) is 47.5 Å². The topological polar surface area (TPSA) is 42.4 Å². The fourth-order valence-corrected chi connectivity index (χ4v) is 3.71. The maximum absolute atomic E-state index is 12.9. The van der Waals surface area contributed by atoms with Crippen LogP contribution in [0.3, 0.4) is 0 Å². The smallest absolute Gasteiger partial charge is 0.422 e. The van der Waals surface area contributed by atoms with Crippen molar-refractivity contribution in [2.24, 2.45) is 0 Å². The van der Waals surface area contributed by atoms with Gasteiger partial charge in [-0.2, -0.15) is 13.2 Å². The molecule has 1 aromatic heterocycles. The van der Waals surface area contributed by atoms with Crippen molar-refractivity contribution in [2.75, 3.05) is 18.1 Å². The number of nitrogens with zero attached hydrogens (tertiary/aromatic N) is 2. The predicted octanol–water partition coefficient (Wildman–Crippen LogP) is 4.55. The van der Waals surface area contributed by atoms with Crippen LogP contribution in [0.1, 0.15) is 23.7 Å². The lowest BCUT2D eigenvalue weighted by atomic mass is 10.2. The molecule has 26 heavy (non-hydrogen) atoms. The molecular weight excluding hydrogens is 365 g/mol. The highest BCUT2D eigenvalue weighted by Gasteiger charge is 2.29. The van der Waals surface area contributed by atoms with Crippen LogP contribution in [-0.4, -0.2) is 35.5 Å². The van der Waals surface area contributed by atoms with Crippen molar-refractivity contribution in [1.29, 1.82) is 0 Å². The quantitative estimate of drug-likeness (QED) is 0.781. The molecule has 138 valence electrons. The third-order valence-electron chi connectivity index (χ3n) is 3.86. The highest BCUT2D eigenvalue weighted by molar-refractivity contribution is 8.00. The average molecular weight is 382 g/mol. The molecule has 3 rings (SSSR count). The maximum atomic E-state index is 12.9. The van der Waals surface area contributed by atoms with Gasteiger partial charge in [0.15, 0.2) is 6.61 Å². The summed E-state index contributed by atoms with van der Waals surface area (Å²) in [4.78, 5) is 19.4. The van der Waals surface area contributed by atoms with Crippen LogP contribution in [0.2, 0.25) is 0 Å². The molecule has 4 nitrogen and oxygen atoms in total. The first-order valence-electron chi connectivity index (χ1n) is 8.06. The molecule has 0 saturated heterocycles. The molecule has 1 amide bonds. The van der Waals surface area contributed by atoms with E-state index in [-0.39, 0.29) is 11.8 Å². The highest BCUT2D eigenvalue weighted by atomic mass is 32.2. The SMILES string of the molecule is CC1CCN(C(=O)c2ccc(OCC(F)(F)F)nc2)c2ccccc2S1. The Labute approximate surface area is 153 Å². The lowest BCUT2D eigenvalue weighted by Gasteiger charge is -2.22. The van der Waals surface area contributed by atoms with Crippen molar-refractivity contribution in [1.82, 2.24) is 4.98 Å². The molecule has 1 aliphatic rings. The lowest BCUT2D eigenvalue weighted by Crippen LogP contribution is -2.32. The van der Waals surface area contributed by atoms with E-state index in [1.807, 2.05) is 24.3 Å². The molecule has 0 N–H and O–H groups in total. The summed E-state index contributed by atoms with van der Waals surface area (Å²) < 4.78 is 41.1. The predicted molar refractivity (Wildman–Crippen MR) is 93.8 cm³/mol. The van der Waals surface area contributed by atoms with Crippen LogP contribution >= 0.6 is 11.8 Å². The first-order chi connectivity index (χ1) is 12.3. The number of rotatable bonds is 3. The Balaban J connectivity index is 1.79. The first kappa shape index (κ1) is 18.6. The number of aromatic nitrogens is 1. The summed E-state index contributed by atoms with van der Waals surface area (Å²) in [6.45, 7) is 1.27. The van der Waals surface area contributed by atoms with E-state index in [0.717, 1.165) is 17.0 Å². The van der Waals surface area contributed by atoms with Gasteiger partial charge in [0.25, 0.3) is 5.91 Å². The van der Waals surface area contributed by atoms with Gasteiger partial charge in [0, 0.05) is 29.0 Å². The number of hydrogen-bond acceptors (Lipinski definition) is 4. The van der Waals surface area contributed by atoms with Gasteiger partial charge in [0.1, 0.15) is 0 Å². The Morgan fingerprint density at radius 3 is 2.77 bits per heavy atom. The summed E-state index contributed by atoms with van der Waals surface area (Å²) in [6.07, 6.45) is -2.34. The third kappa shape index (κ3) is 4.49.